The zero-order valence-corrected chi connectivity index (χ0v) is 18.7. The third-order valence-electron chi connectivity index (χ3n) is 3.79. The molecule has 0 radical (unpaired) electrons. The molecule has 1 amide bonds. The fraction of sp³-hybridized carbons (Fsp3) is 0.263. The second-order valence-corrected chi connectivity index (χ2v) is 9.24. The molecule has 0 aliphatic heterocycles. The Hall–Kier alpha value is -2.33. The molecule has 0 saturated carbocycles. The molecule has 2 aromatic rings. The number of rotatable bonds is 7. The van der Waals surface area contributed by atoms with E-state index in [2.05, 4.69) is 10.0 Å². The Balaban J connectivity index is 2.05. The molecule has 11 heteroatoms. The summed E-state index contributed by atoms with van der Waals surface area (Å²) in [6, 6.07) is 7.98. The molecular weight excluding hydrogens is 453 g/mol. The molecule has 0 aliphatic rings. The molecule has 0 saturated heterocycles. The standard InChI is InChI=1S/C19H21Cl2N3O5S/c1-10(2)24-30(27,28)14-6-4-13(5-7-14)23-18(25)11(3)29-19(26)15-8-12(20)9-16(21)17(15)22/h4-11,24H,22H2,1-3H3,(H,23,25). The Bertz CT molecular complexity index is 1060. The summed E-state index contributed by atoms with van der Waals surface area (Å²) < 4.78 is 31.9. The van der Waals surface area contributed by atoms with Gasteiger partial charge in [-0.05, 0) is 57.2 Å². The van der Waals surface area contributed by atoms with Crippen molar-refractivity contribution in [2.45, 2.75) is 37.8 Å². The van der Waals surface area contributed by atoms with Crippen molar-refractivity contribution >= 4 is 56.5 Å². The number of hydrogen-bond donors (Lipinski definition) is 3. The van der Waals surface area contributed by atoms with E-state index >= 15 is 0 Å². The molecule has 0 bridgehead atoms. The van der Waals surface area contributed by atoms with E-state index in [1.54, 1.807) is 13.8 Å². The summed E-state index contributed by atoms with van der Waals surface area (Å²) in [4.78, 5) is 24.7. The van der Waals surface area contributed by atoms with Crippen molar-refractivity contribution in [3.8, 4) is 0 Å². The molecular formula is C19H21Cl2N3O5S. The van der Waals surface area contributed by atoms with Crippen LogP contribution in [0.3, 0.4) is 0 Å². The predicted molar refractivity (Wildman–Crippen MR) is 116 cm³/mol. The van der Waals surface area contributed by atoms with Crippen molar-refractivity contribution in [2.24, 2.45) is 0 Å². The highest BCUT2D eigenvalue weighted by atomic mass is 35.5. The highest BCUT2D eigenvalue weighted by Gasteiger charge is 2.22. The largest absolute Gasteiger partial charge is 0.449 e. The fourth-order valence-electron chi connectivity index (χ4n) is 2.37. The van der Waals surface area contributed by atoms with Gasteiger partial charge in [-0.2, -0.15) is 0 Å². The Morgan fingerprint density at radius 1 is 1.07 bits per heavy atom. The number of nitrogens with two attached hydrogens (primary N) is 1. The molecule has 30 heavy (non-hydrogen) atoms. The third-order valence-corrected chi connectivity index (χ3v) is 6.00. The molecule has 1 atom stereocenters. The number of carbonyl (C=O) groups excluding carboxylic acids is 2. The van der Waals surface area contributed by atoms with Crippen LogP contribution in [0.5, 0.6) is 0 Å². The van der Waals surface area contributed by atoms with Crippen molar-refractivity contribution in [3.63, 3.8) is 0 Å². The van der Waals surface area contributed by atoms with Gasteiger partial charge in [0.05, 0.1) is 21.2 Å². The number of hydrogen-bond acceptors (Lipinski definition) is 6. The number of nitrogen functional groups attached to an aromatic ring is 1. The van der Waals surface area contributed by atoms with Gasteiger partial charge in [0.15, 0.2) is 6.10 Å². The number of carbonyl (C=O) groups is 2. The number of anilines is 2. The van der Waals surface area contributed by atoms with E-state index in [0.717, 1.165) is 0 Å². The quantitative estimate of drug-likeness (QED) is 0.417. The average Bonchev–Trinajstić information content (AvgIpc) is 2.63. The van der Waals surface area contributed by atoms with E-state index in [1.807, 2.05) is 0 Å². The van der Waals surface area contributed by atoms with Crippen molar-refractivity contribution in [1.82, 2.24) is 4.72 Å². The Morgan fingerprint density at radius 2 is 1.67 bits per heavy atom. The molecule has 2 rings (SSSR count). The van der Waals surface area contributed by atoms with Crippen LogP contribution in [0.1, 0.15) is 31.1 Å². The predicted octanol–water partition coefficient (Wildman–Crippen LogP) is 3.45. The number of ether oxygens (including phenoxy) is 1. The van der Waals surface area contributed by atoms with Crippen LogP contribution < -0.4 is 15.8 Å². The molecule has 2 aromatic carbocycles. The summed E-state index contributed by atoms with van der Waals surface area (Å²) >= 11 is 11.8. The van der Waals surface area contributed by atoms with Crippen LogP contribution in [0, 0.1) is 0 Å². The first kappa shape index (κ1) is 23.9. The molecule has 0 aromatic heterocycles. The SMILES string of the molecule is CC(C)NS(=O)(=O)c1ccc(NC(=O)C(C)OC(=O)c2cc(Cl)cc(Cl)c2N)cc1. The summed E-state index contributed by atoms with van der Waals surface area (Å²) in [6.45, 7) is 4.79. The van der Waals surface area contributed by atoms with Crippen LogP contribution >= 0.6 is 23.2 Å². The van der Waals surface area contributed by atoms with Crippen molar-refractivity contribution < 1.29 is 22.7 Å². The fourth-order valence-corrected chi connectivity index (χ4v) is 4.12. The zero-order chi connectivity index (χ0) is 22.6. The van der Waals surface area contributed by atoms with Gasteiger partial charge in [0.1, 0.15) is 0 Å². The van der Waals surface area contributed by atoms with E-state index in [-0.39, 0.29) is 32.2 Å². The molecule has 0 aliphatic carbocycles. The van der Waals surface area contributed by atoms with Crippen LogP contribution in [0.4, 0.5) is 11.4 Å². The Kier molecular flexibility index (Phi) is 7.70. The van der Waals surface area contributed by atoms with Crippen LogP contribution in [-0.4, -0.2) is 32.4 Å². The average molecular weight is 474 g/mol. The summed E-state index contributed by atoms with van der Waals surface area (Å²) in [7, 11) is -3.64. The van der Waals surface area contributed by atoms with Gasteiger partial charge >= 0.3 is 5.97 Å². The minimum absolute atomic E-state index is 0.00881. The molecule has 162 valence electrons. The summed E-state index contributed by atoms with van der Waals surface area (Å²) in [5, 5.41) is 2.83. The number of sulfonamides is 1. The van der Waals surface area contributed by atoms with Crippen molar-refractivity contribution in [2.75, 3.05) is 11.1 Å². The van der Waals surface area contributed by atoms with Gasteiger partial charge in [0, 0.05) is 16.8 Å². The number of esters is 1. The van der Waals surface area contributed by atoms with E-state index in [4.69, 9.17) is 33.7 Å². The van der Waals surface area contributed by atoms with Crippen molar-refractivity contribution in [3.05, 3.63) is 52.0 Å². The first-order valence-electron chi connectivity index (χ1n) is 8.79. The third kappa shape index (κ3) is 6.09. The lowest BCUT2D eigenvalue weighted by Crippen LogP contribution is -2.31. The number of benzene rings is 2. The van der Waals surface area contributed by atoms with Gasteiger partial charge in [0.2, 0.25) is 10.0 Å². The first-order valence-corrected chi connectivity index (χ1v) is 11.0. The monoisotopic (exact) mass is 473 g/mol. The summed E-state index contributed by atoms with van der Waals surface area (Å²) in [5.41, 5.74) is 6.03. The van der Waals surface area contributed by atoms with Gasteiger partial charge in [0.25, 0.3) is 5.91 Å². The summed E-state index contributed by atoms with van der Waals surface area (Å²) in [6.07, 6.45) is -1.17. The maximum absolute atomic E-state index is 12.3. The maximum Gasteiger partial charge on any atom is 0.341 e. The van der Waals surface area contributed by atoms with Crippen LogP contribution in [0.15, 0.2) is 41.3 Å². The highest BCUT2D eigenvalue weighted by molar-refractivity contribution is 7.89. The van der Waals surface area contributed by atoms with Crippen LogP contribution in [0.2, 0.25) is 10.0 Å². The molecule has 4 N–H and O–H groups in total. The van der Waals surface area contributed by atoms with E-state index in [9.17, 15) is 18.0 Å². The zero-order valence-electron chi connectivity index (χ0n) is 16.4. The topological polar surface area (TPSA) is 128 Å². The molecule has 0 heterocycles. The van der Waals surface area contributed by atoms with Gasteiger partial charge < -0.3 is 15.8 Å². The van der Waals surface area contributed by atoms with E-state index in [1.165, 1.54) is 43.3 Å². The Morgan fingerprint density at radius 3 is 2.23 bits per heavy atom. The van der Waals surface area contributed by atoms with Gasteiger partial charge in [-0.25, -0.2) is 17.9 Å². The molecule has 0 fully saturated rings. The van der Waals surface area contributed by atoms with E-state index in [0.29, 0.717) is 5.69 Å². The maximum atomic E-state index is 12.3. The first-order chi connectivity index (χ1) is 13.9. The Labute approximate surface area is 184 Å². The minimum atomic E-state index is -3.64. The smallest absolute Gasteiger partial charge is 0.341 e. The van der Waals surface area contributed by atoms with Crippen LogP contribution in [-0.2, 0) is 19.6 Å². The lowest BCUT2D eigenvalue weighted by atomic mass is 10.2. The lowest BCUT2D eigenvalue weighted by Gasteiger charge is -2.15. The number of nitrogens with one attached hydrogen (secondary N) is 2. The second-order valence-electron chi connectivity index (χ2n) is 6.69. The van der Waals surface area contributed by atoms with Crippen LogP contribution in [0.25, 0.3) is 0 Å². The number of amides is 1. The highest BCUT2D eigenvalue weighted by Crippen LogP contribution is 2.28. The number of halogens is 2. The summed E-state index contributed by atoms with van der Waals surface area (Å²) in [5.74, 6) is -1.48. The van der Waals surface area contributed by atoms with E-state index < -0.39 is 28.0 Å². The normalized spacial score (nSPS) is 12.5. The molecule has 0 spiro atoms. The second kappa shape index (κ2) is 9.65. The van der Waals surface area contributed by atoms with Gasteiger partial charge in [-0.15, -0.1) is 0 Å². The van der Waals surface area contributed by atoms with Gasteiger partial charge in [-0.1, -0.05) is 23.2 Å². The molecule has 1 unspecified atom stereocenters. The van der Waals surface area contributed by atoms with Gasteiger partial charge in [-0.3, -0.25) is 4.79 Å². The lowest BCUT2D eigenvalue weighted by molar-refractivity contribution is -0.123. The minimum Gasteiger partial charge on any atom is -0.449 e. The molecule has 8 nitrogen and oxygen atoms in total. The van der Waals surface area contributed by atoms with Crippen molar-refractivity contribution in [1.29, 1.82) is 0 Å².